The molecule has 3 rings (SSSR count). The lowest BCUT2D eigenvalue weighted by molar-refractivity contribution is 0.0608. The maximum absolute atomic E-state index is 12.6. The van der Waals surface area contributed by atoms with E-state index in [9.17, 15) is 8.78 Å². The molecule has 3 heterocycles. The number of rotatable bonds is 2. The summed E-state index contributed by atoms with van der Waals surface area (Å²) in [5.74, 6) is 0. The SMILES string of the molecule is FC(F)n1ncc2nc(-c3ccccn3)cnc21. The van der Waals surface area contributed by atoms with Crippen molar-refractivity contribution in [1.82, 2.24) is 24.7 Å². The minimum Gasteiger partial charge on any atom is -0.255 e. The molecule has 5 nitrogen and oxygen atoms in total. The fourth-order valence-corrected chi connectivity index (χ4v) is 1.61. The van der Waals surface area contributed by atoms with Crippen molar-refractivity contribution in [2.24, 2.45) is 0 Å². The molecule has 0 saturated heterocycles. The topological polar surface area (TPSA) is 56.5 Å². The third-order valence-corrected chi connectivity index (χ3v) is 2.41. The van der Waals surface area contributed by atoms with Crippen LogP contribution in [-0.4, -0.2) is 24.7 Å². The van der Waals surface area contributed by atoms with E-state index in [1.807, 2.05) is 6.07 Å². The summed E-state index contributed by atoms with van der Waals surface area (Å²) in [4.78, 5) is 12.3. The lowest BCUT2D eigenvalue weighted by Crippen LogP contribution is -2.01. The summed E-state index contributed by atoms with van der Waals surface area (Å²) in [6.45, 7) is -2.72. The number of alkyl halides is 2. The molecule has 0 spiro atoms. The quantitative estimate of drug-likeness (QED) is 0.697. The van der Waals surface area contributed by atoms with E-state index < -0.39 is 6.55 Å². The second-order valence-corrected chi connectivity index (χ2v) is 3.55. The van der Waals surface area contributed by atoms with Gasteiger partial charge in [-0.25, -0.2) is 9.97 Å². The largest absolute Gasteiger partial charge is 0.335 e. The number of pyridine rings is 1. The van der Waals surface area contributed by atoms with Crippen LogP contribution in [0.15, 0.2) is 36.8 Å². The van der Waals surface area contributed by atoms with Crippen molar-refractivity contribution in [1.29, 1.82) is 0 Å². The van der Waals surface area contributed by atoms with E-state index in [-0.39, 0.29) is 5.65 Å². The molecule has 18 heavy (non-hydrogen) atoms. The Balaban J connectivity index is 2.13. The summed E-state index contributed by atoms with van der Waals surface area (Å²) in [5.41, 5.74) is 1.54. The molecule has 0 atom stereocenters. The molecule has 3 aromatic heterocycles. The maximum Gasteiger partial charge on any atom is 0.335 e. The van der Waals surface area contributed by atoms with Gasteiger partial charge in [0.25, 0.3) is 0 Å². The number of hydrogen-bond acceptors (Lipinski definition) is 4. The molecular formula is C11H7F2N5. The Morgan fingerprint density at radius 3 is 2.67 bits per heavy atom. The zero-order chi connectivity index (χ0) is 12.5. The standard InChI is InChI=1S/C11H7F2N5/c12-11(13)18-10-9(6-16-18)17-8(5-15-10)7-3-1-2-4-14-7/h1-6,11H. The number of fused-ring (bicyclic) bond motifs is 1. The molecule has 0 aliphatic rings. The zero-order valence-electron chi connectivity index (χ0n) is 9.03. The first-order valence-electron chi connectivity index (χ1n) is 5.15. The van der Waals surface area contributed by atoms with Crippen LogP contribution in [0.25, 0.3) is 22.6 Å². The van der Waals surface area contributed by atoms with Crippen molar-refractivity contribution < 1.29 is 8.78 Å². The highest BCUT2D eigenvalue weighted by Gasteiger charge is 2.14. The molecule has 0 fully saturated rings. The van der Waals surface area contributed by atoms with E-state index in [2.05, 4.69) is 20.1 Å². The molecule has 0 unspecified atom stereocenters. The molecule has 0 aromatic carbocycles. The van der Waals surface area contributed by atoms with Gasteiger partial charge in [-0.15, -0.1) is 0 Å². The molecule has 3 aromatic rings. The highest BCUT2D eigenvalue weighted by molar-refractivity contribution is 5.72. The van der Waals surface area contributed by atoms with Crippen molar-refractivity contribution >= 4 is 11.2 Å². The van der Waals surface area contributed by atoms with E-state index in [0.29, 0.717) is 21.6 Å². The molecule has 7 heteroatoms. The molecule has 90 valence electrons. The van der Waals surface area contributed by atoms with Gasteiger partial charge in [-0.2, -0.15) is 18.6 Å². The first-order valence-corrected chi connectivity index (χ1v) is 5.15. The summed E-state index contributed by atoms with van der Waals surface area (Å²) in [6.07, 6.45) is 4.30. The number of aromatic nitrogens is 5. The smallest absolute Gasteiger partial charge is 0.255 e. The van der Waals surface area contributed by atoms with Gasteiger partial charge in [-0.1, -0.05) is 6.07 Å². The van der Waals surface area contributed by atoms with Crippen molar-refractivity contribution in [3.63, 3.8) is 0 Å². The Morgan fingerprint density at radius 1 is 1.06 bits per heavy atom. The molecule has 0 aliphatic carbocycles. The summed E-state index contributed by atoms with van der Waals surface area (Å²) in [6, 6.07) is 5.37. The summed E-state index contributed by atoms with van der Waals surface area (Å²) in [7, 11) is 0. The maximum atomic E-state index is 12.6. The van der Waals surface area contributed by atoms with E-state index in [1.165, 1.54) is 12.4 Å². The lowest BCUT2D eigenvalue weighted by Gasteiger charge is -2.01. The first-order chi connectivity index (χ1) is 8.75. The van der Waals surface area contributed by atoms with Gasteiger partial charge in [-0.3, -0.25) is 4.98 Å². The van der Waals surface area contributed by atoms with Gasteiger partial charge in [0.05, 0.1) is 18.1 Å². The van der Waals surface area contributed by atoms with Crippen LogP contribution < -0.4 is 0 Å². The summed E-state index contributed by atoms with van der Waals surface area (Å²) >= 11 is 0. The second kappa shape index (κ2) is 4.10. The van der Waals surface area contributed by atoms with Crippen LogP contribution in [0.5, 0.6) is 0 Å². The van der Waals surface area contributed by atoms with E-state index in [4.69, 9.17) is 0 Å². The average molecular weight is 247 g/mol. The Morgan fingerprint density at radius 2 is 1.94 bits per heavy atom. The molecule has 0 bridgehead atoms. The molecule has 0 amide bonds. The normalized spacial score (nSPS) is 11.3. The zero-order valence-corrected chi connectivity index (χ0v) is 9.03. The van der Waals surface area contributed by atoms with Gasteiger partial charge in [0.1, 0.15) is 11.2 Å². The Bertz CT molecular complexity index is 680. The van der Waals surface area contributed by atoms with Crippen LogP contribution in [0.4, 0.5) is 8.78 Å². The number of hydrogen-bond donors (Lipinski definition) is 0. The van der Waals surface area contributed by atoms with Gasteiger partial charge in [0.15, 0.2) is 5.65 Å². The third-order valence-electron chi connectivity index (χ3n) is 2.41. The Kier molecular flexibility index (Phi) is 2.44. The van der Waals surface area contributed by atoms with Crippen LogP contribution in [0.2, 0.25) is 0 Å². The van der Waals surface area contributed by atoms with Gasteiger partial charge in [0, 0.05) is 6.20 Å². The van der Waals surface area contributed by atoms with Gasteiger partial charge >= 0.3 is 6.55 Å². The number of halogens is 2. The monoisotopic (exact) mass is 247 g/mol. The minimum atomic E-state index is -2.72. The molecule has 0 radical (unpaired) electrons. The molecule has 0 aliphatic heterocycles. The fourth-order valence-electron chi connectivity index (χ4n) is 1.61. The first kappa shape index (κ1) is 10.7. The van der Waals surface area contributed by atoms with E-state index in [0.717, 1.165) is 0 Å². The highest BCUT2D eigenvalue weighted by atomic mass is 19.3. The summed E-state index contributed by atoms with van der Waals surface area (Å²) in [5, 5.41) is 3.55. The van der Waals surface area contributed by atoms with E-state index >= 15 is 0 Å². The molecular weight excluding hydrogens is 240 g/mol. The predicted molar refractivity (Wildman–Crippen MR) is 59.8 cm³/mol. The van der Waals surface area contributed by atoms with Crippen LogP contribution in [-0.2, 0) is 0 Å². The predicted octanol–water partition coefficient (Wildman–Crippen LogP) is 2.28. The van der Waals surface area contributed by atoms with Crippen LogP contribution in [0, 0.1) is 0 Å². The van der Waals surface area contributed by atoms with E-state index in [1.54, 1.807) is 18.3 Å². The van der Waals surface area contributed by atoms with Crippen molar-refractivity contribution in [3.05, 3.63) is 36.8 Å². The molecule has 0 N–H and O–H groups in total. The average Bonchev–Trinajstić information content (AvgIpc) is 2.82. The second-order valence-electron chi connectivity index (χ2n) is 3.55. The van der Waals surface area contributed by atoms with Gasteiger partial charge < -0.3 is 0 Å². The van der Waals surface area contributed by atoms with Crippen molar-refractivity contribution in [2.75, 3.05) is 0 Å². The van der Waals surface area contributed by atoms with Crippen LogP contribution in [0.3, 0.4) is 0 Å². The van der Waals surface area contributed by atoms with Gasteiger partial charge in [0.2, 0.25) is 0 Å². The number of nitrogens with zero attached hydrogens (tertiary/aromatic N) is 5. The molecule has 0 saturated carbocycles. The fraction of sp³-hybridized carbons (Fsp3) is 0.0909. The Hall–Kier alpha value is -2.44. The van der Waals surface area contributed by atoms with Crippen LogP contribution in [0.1, 0.15) is 6.55 Å². The van der Waals surface area contributed by atoms with Gasteiger partial charge in [-0.05, 0) is 12.1 Å². The third kappa shape index (κ3) is 1.69. The highest BCUT2D eigenvalue weighted by Crippen LogP contribution is 2.19. The van der Waals surface area contributed by atoms with Crippen molar-refractivity contribution in [3.8, 4) is 11.4 Å². The Labute approximate surface area is 100 Å². The lowest BCUT2D eigenvalue weighted by atomic mass is 10.3. The van der Waals surface area contributed by atoms with Crippen LogP contribution >= 0.6 is 0 Å². The summed E-state index contributed by atoms with van der Waals surface area (Å²) < 4.78 is 25.7. The van der Waals surface area contributed by atoms with Crippen molar-refractivity contribution in [2.45, 2.75) is 6.55 Å². The minimum absolute atomic E-state index is 0.0599.